The predicted molar refractivity (Wildman–Crippen MR) is 140 cm³/mol. The van der Waals surface area contributed by atoms with Crippen LogP contribution in [-0.2, 0) is 16.0 Å². The molecule has 0 saturated carbocycles. The fourth-order valence-electron chi connectivity index (χ4n) is 5.79. The first kappa shape index (κ1) is 27.5. The van der Waals surface area contributed by atoms with E-state index in [1.54, 1.807) is 0 Å². The molecule has 196 valence electrons. The quantitative estimate of drug-likeness (QED) is 0.559. The number of carboxylic acids is 1. The fourth-order valence-corrected chi connectivity index (χ4v) is 5.79. The van der Waals surface area contributed by atoms with E-state index in [1.807, 2.05) is 18.7 Å². The largest absolute Gasteiger partial charge is 0.492 e. The molecule has 1 aromatic rings. The average Bonchev–Trinajstić information content (AvgIpc) is 2.79. The Labute approximate surface area is 212 Å². The van der Waals surface area contributed by atoms with E-state index in [0.29, 0.717) is 13.0 Å². The molecule has 1 amide bonds. The van der Waals surface area contributed by atoms with Gasteiger partial charge in [-0.3, -0.25) is 14.5 Å². The van der Waals surface area contributed by atoms with E-state index in [-0.39, 0.29) is 17.7 Å². The Bertz CT molecular complexity index is 830. The Hall–Kier alpha value is -2.08. The van der Waals surface area contributed by atoms with Gasteiger partial charge < -0.3 is 14.7 Å². The summed E-state index contributed by atoms with van der Waals surface area (Å²) in [5, 5.41) is 9.17. The smallest absolute Gasteiger partial charge is 0.303 e. The van der Waals surface area contributed by atoms with E-state index in [1.165, 1.54) is 31.2 Å². The normalized spacial score (nSPS) is 19.8. The van der Waals surface area contributed by atoms with Crippen LogP contribution in [0.3, 0.4) is 0 Å². The summed E-state index contributed by atoms with van der Waals surface area (Å²) >= 11 is 0. The number of aliphatic carboxylic acids is 1. The fraction of sp³-hybridized carbons (Fsp3) is 0.724. The highest BCUT2D eigenvalue weighted by atomic mass is 16.5. The summed E-state index contributed by atoms with van der Waals surface area (Å²) < 4.78 is 6.23. The van der Waals surface area contributed by atoms with Crippen LogP contribution in [0, 0.1) is 10.8 Å². The van der Waals surface area contributed by atoms with Gasteiger partial charge in [0.2, 0.25) is 5.91 Å². The van der Waals surface area contributed by atoms with Gasteiger partial charge in [-0.2, -0.15) is 0 Å². The van der Waals surface area contributed by atoms with Crippen molar-refractivity contribution in [2.75, 3.05) is 39.3 Å². The molecule has 3 rings (SSSR count). The molecule has 0 aliphatic carbocycles. The second kappa shape index (κ2) is 12.8. The lowest BCUT2D eigenvalue weighted by Crippen LogP contribution is -2.49. The third kappa shape index (κ3) is 8.52. The van der Waals surface area contributed by atoms with Gasteiger partial charge in [-0.15, -0.1) is 0 Å². The van der Waals surface area contributed by atoms with Crippen molar-refractivity contribution in [1.82, 2.24) is 9.80 Å². The number of aryl methyl sites for hydroxylation is 1. The lowest BCUT2D eigenvalue weighted by molar-refractivity contribution is -0.141. The molecule has 6 nitrogen and oxygen atoms in total. The highest BCUT2D eigenvalue weighted by Gasteiger charge is 2.38. The van der Waals surface area contributed by atoms with Crippen molar-refractivity contribution in [2.45, 2.75) is 85.0 Å². The number of hydrogen-bond donors (Lipinski definition) is 1. The SMILES string of the molecule is CCCCN1CCOc2ccccc2CCCCC2(CCN(C(=O)CC(C)(C)CC(=O)O)CC2)C1. The zero-order chi connectivity index (χ0) is 25.3. The van der Waals surface area contributed by atoms with E-state index in [2.05, 4.69) is 36.1 Å². The Morgan fingerprint density at radius 2 is 1.80 bits per heavy atom. The van der Waals surface area contributed by atoms with Crippen molar-refractivity contribution in [3.63, 3.8) is 0 Å². The number of piperidine rings is 1. The molecule has 0 bridgehead atoms. The maximum atomic E-state index is 13.0. The number of likely N-dealkylation sites (tertiary alicyclic amines) is 1. The number of ether oxygens (including phenoxy) is 1. The first-order chi connectivity index (χ1) is 16.7. The standard InChI is InChI=1S/C29H46N2O4/c1-4-5-16-30-19-20-35-25-12-7-6-10-24(25)11-8-9-13-29(23-30)14-17-31(18-15-29)26(32)21-28(2,3)22-27(33)34/h6-7,10,12H,4-5,8-9,11,13-23H2,1-3H3,(H,33,34). The van der Waals surface area contributed by atoms with Gasteiger partial charge in [0.15, 0.2) is 0 Å². The van der Waals surface area contributed by atoms with Crippen molar-refractivity contribution < 1.29 is 19.4 Å². The summed E-state index contributed by atoms with van der Waals surface area (Å²) in [4.78, 5) is 28.8. The highest BCUT2D eigenvalue weighted by molar-refractivity contribution is 5.78. The number of carbonyl (C=O) groups is 2. The maximum Gasteiger partial charge on any atom is 0.303 e. The molecule has 0 unspecified atom stereocenters. The molecule has 2 aliphatic rings. The van der Waals surface area contributed by atoms with E-state index < -0.39 is 11.4 Å². The molecule has 1 aromatic carbocycles. The van der Waals surface area contributed by atoms with Crippen LogP contribution in [-0.4, -0.2) is 66.1 Å². The summed E-state index contributed by atoms with van der Waals surface area (Å²) in [5.74, 6) is 0.301. The van der Waals surface area contributed by atoms with Crippen LogP contribution in [0.25, 0.3) is 0 Å². The van der Waals surface area contributed by atoms with Gasteiger partial charge >= 0.3 is 5.97 Å². The van der Waals surface area contributed by atoms with Crippen molar-refractivity contribution in [1.29, 1.82) is 0 Å². The van der Waals surface area contributed by atoms with Gasteiger partial charge in [0.05, 0.1) is 6.42 Å². The third-order valence-corrected chi connectivity index (χ3v) is 7.86. The second-order valence-electron chi connectivity index (χ2n) is 11.6. The maximum absolute atomic E-state index is 13.0. The first-order valence-corrected chi connectivity index (χ1v) is 13.6. The molecule has 0 atom stereocenters. The van der Waals surface area contributed by atoms with Crippen molar-refractivity contribution in [3.05, 3.63) is 29.8 Å². The van der Waals surface area contributed by atoms with Gasteiger partial charge in [0.25, 0.3) is 0 Å². The Balaban J connectivity index is 1.66. The van der Waals surface area contributed by atoms with Crippen LogP contribution < -0.4 is 4.74 Å². The molecule has 1 fully saturated rings. The van der Waals surface area contributed by atoms with Crippen LogP contribution in [0.15, 0.2) is 24.3 Å². The molecular weight excluding hydrogens is 440 g/mol. The zero-order valence-electron chi connectivity index (χ0n) is 22.2. The summed E-state index contributed by atoms with van der Waals surface area (Å²) in [6.07, 6.45) is 9.34. The lowest BCUT2D eigenvalue weighted by atomic mass is 9.73. The number of rotatable bonds is 7. The number of carbonyl (C=O) groups excluding carboxylic acids is 1. The van der Waals surface area contributed by atoms with Gasteiger partial charge in [-0.05, 0) is 67.5 Å². The topological polar surface area (TPSA) is 70.1 Å². The molecule has 35 heavy (non-hydrogen) atoms. The minimum atomic E-state index is -0.840. The van der Waals surface area contributed by atoms with Crippen molar-refractivity contribution in [2.24, 2.45) is 10.8 Å². The average molecular weight is 487 g/mol. The minimum absolute atomic E-state index is 0.0219. The molecule has 2 aliphatic heterocycles. The monoisotopic (exact) mass is 486 g/mol. The Morgan fingerprint density at radius 3 is 2.51 bits per heavy atom. The number of fused-ring (bicyclic) bond motifs is 1. The van der Waals surface area contributed by atoms with Crippen LogP contribution in [0.5, 0.6) is 5.75 Å². The number of amides is 1. The lowest BCUT2D eigenvalue weighted by Gasteiger charge is -2.45. The van der Waals surface area contributed by atoms with Crippen LogP contribution in [0.4, 0.5) is 0 Å². The highest BCUT2D eigenvalue weighted by Crippen LogP contribution is 2.39. The van der Waals surface area contributed by atoms with Gasteiger partial charge in [0, 0.05) is 32.6 Å². The van der Waals surface area contributed by atoms with Crippen LogP contribution >= 0.6 is 0 Å². The number of unbranched alkanes of at least 4 members (excludes halogenated alkanes) is 1. The van der Waals surface area contributed by atoms with Gasteiger partial charge in [0.1, 0.15) is 12.4 Å². The second-order valence-corrected chi connectivity index (χ2v) is 11.6. The van der Waals surface area contributed by atoms with E-state index in [4.69, 9.17) is 4.74 Å². The van der Waals surface area contributed by atoms with E-state index in [9.17, 15) is 14.7 Å². The number of nitrogens with zero attached hydrogens (tertiary/aromatic N) is 2. The number of carboxylic acid groups (broad SMARTS) is 1. The first-order valence-electron chi connectivity index (χ1n) is 13.6. The zero-order valence-corrected chi connectivity index (χ0v) is 22.2. The molecule has 2 heterocycles. The summed E-state index contributed by atoms with van der Waals surface area (Å²) in [5.41, 5.74) is 1.03. The van der Waals surface area contributed by atoms with E-state index in [0.717, 1.165) is 64.2 Å². The number of hydrogen-bond acceptors (Lipinski definition) is 4. The van der Waals surface area contributed by atoms with Crippen molar-refractivity contribution in [3.8, 4) is 5.75 Å². The van der Waals surface area contributed by atoms with Crippen LogP contribution in [0.2, 0.25) is 0 Å². The molecule has 0 radical (unpaired) electrons. The van der Waals surface area contributed by atoms with Crippen molar-refractivity contribution >= 4 is 11.9 Å². The molecule has 0 aromatic heterocycles. The Kier molecular flexibility index (Phi) is 10.0. The molecule has 1 N–H and O–H groups in total. The number of benzene rings is 1. The Morgan fingerprint density at radius 1 is 1.06 bits per heavy atom. The van der Waals surface area contributed by atoms with Crippen LogP contribution in [0.1, 0.15) is 84.1 Å². The van der Waals surface area contributed by atoms with Gasteiger partial charge in [-0.1, -0.05) is 51.8 Å². The summed E-state index contributed by atoms with van der Waals surface area (Å²) in [6.45, 7) is 11.4. The molecule has 6 heteroatoms. The molecule has 1 saturated heterocycles. The molecule has 1 spiro atoms. The van der Waals surface area contributed by atoms with E-state index >= 15 is 0 Å². The summed E-state index contributed by atoms with van der Waals surface area (Å²) in [6, 6.07) is 8.46. The third-order valence-electron chi connectivity index (χ3n) is 7.86. The molecular formula is C29H46N2O4. The van der Waals surface area contributed by atoms with Gasteiger partial charge in [-0.25, -0.2) is 0 Å². The number of para-hydroxylation sites is 1. The predicted octanol–water partition coefficient (Wildman–Crippen LogP) is 5.39. The minimum Gasteiger partial charge on any atom is -0.492 e. The summed E-state index contributed by atoms with van der Waals surface area (Å²) in [7, 11) is 0.